The van der Waals surface area contributed by atoms with Crippen LogP contribution in [0.4, 0.5) is 11.4 Å². The molecule has 0 bridgehead atoms. The molecule has 0 spiro atoms. The lowest BCUT2D eigenvalue weighted by molar-refractivity contribution is 0.211. The Morgan fingerprint density at radius 1 is 0.909 bits per heavy atom. The highest BCUT2D eigenvalue weighted by atomic mass is 16.5. The number of azo groups is 1. The molecular weight excluding hydrogens is 272 g/mol. The third-order valence-corrected chi connectivity index (χ3v) is 3.99. The van der Waals surface area contributed by atoms with E-state index in [4.69, 9.17) is 4.74 Å². The number of ether oxygens (including phenoxy) is 1. The second-order valence-corrected chi connectivity index (χ2v) is 6.03. The quantitative estimate of drug-likeness (QED) is 0.633. The van der Waals surface area contributed by atoms with Gasteiger partial charge in [-0.25, -0.2) is 0 Å². The Morgan fingerprint density at radius 2 is 1.68 bits per heavy atom. The first-order valence-electron chi connectivity index (χ1n) is 7.96. The zero-order chi connectivity index (χ0) is 15.4. The van der Waals surface area contributed by atoms with Crippen LogP contribution in [0.15, 0.2) is 52.7 Å². The molecule has 1 saturated carbocycles. The van der Waals surface area contributed by atoms with Crippen LogP contribution in [0, 0.1) is 13.8 Å². The second-order valence-electron chi connectivity index (χ2n) is 6.03. The Balaban J connectivity index is 1.83. The molecule has 3 heteroatoms. The minimum absolute atomic E-state index is 0.329. The first-order valence-corrected chi connectivity index (χ1v) is 7.96. The Hall–Kier alpha value is -2.16. The molecule has 0 aliphatic heterocycles. The van der Waals surface area contributed by atoms with Gasteiger partial charge in [0.1, 0.15) is 11.4 Å². The van der Waals surface area contributed by atoms with Gasteiger partial charge in [0.2, 0.25) is 0 Å². The van der Waals surface area contributed by atoms with Crippen molar-refractivity contribution in [3.8, 4) is 5.75 Å². The zero-order valence-corrected chi connectivity index (χ0v) is 13.2. The van der Waals surface area contributed by atoms with Crippen LogP contribution < -0.4 is 4.74 Å². The lowest BCUT2D eigenvalue weighted by Gasteiger charge is -2.14. The summed E-state index contributed by atoms with van der Waals surface area (Å²) < 4.78 is 6.12. The van der Waals surface area contributed by atoms with Crippen molar-refractivity contribution in [2.75, 3.05) is 0 Å². The van der Waals surface area contributed by atoms with E-state index in [0.717, 1.165) is 35.5 Å². The van der Waals surface area contributed by atoms with E-state index in [1.54, 1.807) is 0 Å². The Labute approximate surface area is 132 Å². The van der Waals surface area contributed by atoms with E-state index in [0.29, 0.717) is 6.10 Å². The van der Waals surface area contributed by atoms with E-state index in [1.807, 2.05) is 30.3 Å². The van der Waals surface area contributed by atoms with Gasteiger partial charge in [0.25, 0.3) is 0 Å². The number of rotatable bonds is 4. The molecule has 2 aromatic carbocycles. The predicted octanol–water partition coefficient (Wildman–Crippen LogP) is 6.04. The van der Waals surface area contributed by atoms with Gasteiger partial charge in [-0.1, -0.05) is 18.2 Å². The molecule has 0 aromatic heterocycles. The van der Waals surface area contributed by atoms with Crippen molar-refractivity contribution < 1.29 is 4.74 Å². The molecule has 0 unspecified atom stereocenters. The first-order chi connectivity index (χ1) is 10.7. The van der Waals surface area contributed by atoms with E-state index < -0.39 is 0 Å². The zero-order valence-electron chi connectivity index (χ0n) is 13.2. The van der Waals surface area contributed by atoms with E-state index >= 15 is 0 Å². The SMILES string of the molecule is Cc1cccc(N=Nc2cc(C)ccc2OC2CCCC2)c1. The van der Waals surface area contributed by atoms with Crippen LogP contribution in [0.2, 0.25) is 0 Å². The van der Waals surface area contributed by atoms with Crippen LogP contribution in [0.3, 0.4) is 0 Å². The highest BCUT2D eigenvalue weighted by molar-refractivity contribution is 5.54. The third-order valence-electron chi connectivity index (χ3n) is 3.99. The third kappa shape index (κ3) is 3.73. The topological polar surface area (TPSA) is 34.0 Å². The van der Waals surface area contributed by atoms with Crippen molar-refractivity contribution in [2.45, 2.75) is 45.6 Å². The van der Waals surface area contributed by atoms with Gasteiger partial charge in [-0.3, -0.25) is 0 Å². The lowest BCUT2D eigenvalue weighted by atomic mass is 10.2. The summed E-state index contributed by atoms with van der Waals surface area (Å²) in [5.74, 6) is 0.842. The van der Waals surface area contributed by atoms with Crippen molar-refractivity contribution in [1.29, 1.82) is 0 Å². The van der Waals surface area contributed by atoms with Crippen molar-refractivity contribution in [3.63, 3.8) is 0 Å². The minimum atomic E-state index is 0.329. The van der Waals surface area contributed by atoms with Gasteiger partial charge in [-0.15, -0.1) is 5.11 Å². The molecule has 0 amide bonds. The average Bonchev–Trinajstić information content (AvgIpc) is 3.00. The van der Waals surface area contributed by atoms with Gasteiger partial charge in [-0.2, -0.15) is 5.11 Å². The van der Waals surface area contributed by atoms with E-state index in [1.165, 1.54) is 18.4 Å². The van der Waals surface area contributed by atoms with Gasteiger partial charge in [0.15, 0.2) is 0 Å². The van der Waals surface area contributed by atoms with Gasteiger partial charge in [0, 0.05) is 0 Å². The molecule has 3 rings (SSSR count). The molecular formula is C19H22N2O. The van der Waals surface area contributed by atoms with Crippen LogP contribution >= 0.6 is 0 Å². The standard InChI is InChI=1S/C19H22N2O/c1-14-6-5-7-16(12-14)20-21-18-13-15(2)10-11-19(18)22-17-8-3-4-9-17/h5-7,10-13,17H,3-4,8-9H2,1-2H3. The molecule has 1 aliphatic rings. The fourth-order valence-electron chi connectivity index (χ4n) is 2.79. The van der Waals surface area contributed by atoms with Gasteiger partial charge in [-0.05, 0) is 74.9 Å². The summed E-state index contributed by atoms with van der Waals surface area (Å²) >= 11 is 0. The van der Waals surface area contributed by atoms with Crippen molar-refractivity contribution in [3.05, 3.63) is 53.6 Å². The summed E-state index contributed by atoms with van der Waals surface area (Å²) in [6.07, 6.45) is 5.13. The summed E-state index contributed by atoms with van der Waals surface area (Å²) in [5, 5.41) is 8.78. The molecule has 0 saturated heterocycles. The fourth-order valence-corrected chi connectivity index (χ4v) is 2.79. The highest BCUT2D eigenvalue weighted by Gasteiger charge is 2.18. The molecule has 114 valence electrons. The second kappa shape index (κ2) is 6.73. The van der Waals surface area contributed by atoms with Gasteiger partial charge in [0.05, 0.1) is 11.8 Å². The molecule has 1 aliphatic carbocycles. The Bertz CT molecular complexity index is 673. The van der Waals surface area contributed by atoms with Crippen LogP contribution in [0.5, 0.6) is 5.75 Å². The van der Waals surface area contributed by atoms with E-state index in [9.17, 15) is 0 Å². The Kier molecular flexibility index (Phi) is 4.52. The van der Waals surface area contributed by atoms with Crippen LogP contribution in [-0.2, 0) is 0 Å². The van der Waals surface area contributed by atoms with Crippen molar-refractivity contribution in [2.24, 2.45) is 10.2 Å². The van der Waals surface area contributed by atoms with Crippen LogP contribution in [0.25, 0.3) is 0 Å². The van der Waals surface area contributed by atoms with Gasteiger partial charge >= 0.3 is 0 Å². The molecule has 0 N–H and O–H groups in total. The Morgan fingerprint density at radius 3 is 2.45 bits per heavy atom. The summed E-state index contributed by atoms with van der Waals surface area (Å²) in [5.41, 5.74) is 4.03. The maximum Gasteiger partial charge on any atom is 0.147 e. The molecule has 0 radical (unpaired) electrons. The molecule has 22 heavy (non-hydrogen) atoms. The van der Waals surface area contributed by atoms with Crippen LogP contribution in [-0.4, -0.2) is 6.10 Å². The minimum Gasteiger partial charge on any atom is -0.488 e. The molecule has 0 heterocycles. The molecule has 3 nitrogen and oxygen atoms in total. The summed E-state index contributed by atoms with van der Waals surface area (Å²) in [6.45, 7) is 4.12. The van der Waals surface area contributed by atoms with E-state index in [-0.39, 0.29) is 0 Å². The number of hydrogen-bond acceptors (Lipinski definition) is 3. The molecule has 1 fully saturated rings. The lowest BCUT2D eigenvalue weighted by Crippen LogP contribution is -2.10. The van der Waals surface area contributed by atoms with Gasteiger partial charge < -0.3 is 4.74 Å². The summed E-state index contributed by atoms with van der Waals surface area (Å²) in [7, 11) is 0. The molecule has 0 atom stereocenters. The van der Waals surface area contributed by atoms with Crippen molar-refractivity contribution >= 4 is 11.4 Å². The average molecular weight is 294 g/mol. The van der Waals surface area contributed by atoms with E-state index in [2.05, 4.69) is 36.2 Å². The number of hydrogen-bond donors (Lipinski definition) is 0. The maximum atomic E-state index is 6.12. The normalized spacial score (nSPS) is 15.5. The predicted molar refractivity (Wildman–Crippen MR) is 89.4 cm³/mol. The number of aryl methyl sites for hydroxylation is 2. The highest BCUT2D eigenvalue weighted by Crippen LogP contribution is 2.33. The maximum absolute atomic E-state index is 6.12. The summed E-state index contributed by atoms with van der Waals surface area (Å²) in [4.78, 5) is 0. The van der Waals surface area contributed by atoms with Crippen LogP contribution in [0.1, 0.15) is 36.8 Å². The fraction of sp³-hybridized carbons (Fsp3) is 0.368. The number of benzene rings is 2. The van der Waals surface area contributed by atoms with Crippen molar-refractivity contribution in [1.82, 2.24) is 0 Å². The number of nitrogens with zero attached hydrogens (tertiary/aromatic N) is 2. The smallest absolute Gasteiger partial charge is 0.147 e. The monoisotopic (exact) mass is 294 g/mol. The summed E-state index contributed by atoms with van der Waals surface area (Å²) in [6, 6.07) is 14.1. The molecule has 2 aromatic rings. The largest absolute Gasteiger partial charge is 0.488 e. The first kappa shape index (κ1) is 14.8.